The first-order valence-electron chi connectivity index (χ1n) is 8.96. The zero-order valence-electron chi connectivity index (χ0n) is 16.8. The van der Waals surface area contributed by atoms with Crippen molar-refractivity contribution in [3.8, 4) is 11.5 Å². The Hall–Kier alpha value is -1.71. The molecule has 1 aliphatic heterocycles. The van der Waals surface area contributed by atoms with Gasteiger partial charge in [-0.1, -0.05) is 0 Å². The molecule has 0 unspecified atom stereocenters. The first kappa shape index (κ1) is 24.3. The Balaban J connectivity index is 0.00000392. The van der Waals surface area contributed by atoms with Crippen molar-refractivity contribution in [1.29, 1.82) is 0 Å². The molecule has 0 radical (unpaired) electrons. The van der Waals surface area contributed by atoms with Gasteiger partial charge in [-0.05, 0) is 50.9 Å². The van der Waals surface area contributed by atoms with Gasteiger partial charge in [-0.2, -0.15) is 0 Å². The number of nitrogens with one attached hydrogen (secondary N) is 2. The van der Waals surface area contributed by atoms with Gasteiger partial charge in [0.2, 0.25) is 10.0 Å². The largest absolute Gasteiger partial charge is 0.493 e. The molecule has 1 aromatic rings. The molecule has 2 N–H and O–H groups in total. The van der Waals surface area contributed by atoms with Crippen molar-refractivity contribution in [2.24, 2.45) is 5.92 Å². The standard InChI is InChI=1S/C18H29N3O5S.ClH/c1-19-8-5-13-6-9-21(10-7-13)18(22)14-11-15(20-27(4,23)24)17(26-3)16(12-14)25-2;/h11-13,19-20H,5-10H2,1-4H3;1H. The molecule has 1 amide bonds. The normalized spacial score (nSPS) is 14.9. The van der Waals surface area contributed by atoms with Crippen molar-refractivity contribution >= 4 is 34.0 Å². The second kappa shape index (κ2) is 10.7. The Kier molecular flexibility index (Phi) is 9.32. The lowest BCUT2D eigenvalue weighted by atomic mass is 9.93. The molecule has 1 heterocycles. The summed E-state index contributed by atoms with van der Waals surface area (Å²) in [4.78, 5) is 14.8. The van der Waals surface area contributed by atoms with Crippen LogP contribution in [0.1, 0.15) is 29.6 Å². The maximum Gasteiger partial charge on any atom is 0.254 e. The highest BCUT2D eigenvalue weighted by atomic mass is 35.5. The van der Waals surface area contributed by atoms with Gasteiger partial charge < -0.3 is 19.7 Å². The third-order valence-electron chi connectivity index (χ3n) is 4.73. The van der Waals surface area contributed by atoms with E-state index >= 15 is 0 Å². The van der Waals surface area contributed by atoms with E-state index in [4.69, 9.17) is 9.47 Å². The Morgan fingerprint density at radius 3 is 2.36 bits per heavy atom. The fourth-order valence-corrected chi connectivity index (χ4v) is 3.87. The van der Waals surface area contributed by atoms with Crippen molar-refractivity contribution in [1.82, 2.24) is 10.2 Å². The van der Waals surface area contributed by atoms with Gasteiger partial charge in [0.15, 0.2) is 11.5 Å². The minimum absolute atomic E-state index is 0. The highest BCUT2D eigenvalue weighted by Crippen LogP contribution is 2.37. The van der Waals surface area contributed by atoms with Gasteiger partial charge in [0.25, 0.3) is 5.91 Å². The maximum absolute atomic E-state index is 12.9. The van der Waals surface area contributed by atoms with Crippen LogP contribution in [0.4, 0.5) is 5.69 Å². The van der Waals surface area contributed by atoms with Gasteiger partial charge in [-0.15, -0.1) is 12.4 Å². The Morgan fingerprint density at radius 1 is 1.21 bits per heavy atom. The van der Waals surface area contributed by atoms with E-state index < -0.39 is 10.0 Å². The number of carbonyl (C=O) groups is 1. The number of methoxy groups -OCH3 is 2. The van der Waals surface area contributed by atoms with Crippen LogP contribution < -0.4 is 19.5 Å². The second-order valence-corrected chi connectivity index (χ2v) is 8.51. The van der Waals surface area contributed by atoms with Gasteiger partial charge >= 0.3 is 0 Å². The Morgan fingerprint density at radius 2 is 1.86 bits per heavy atom. The fraction of sp³-hybridized carbons (Fsp3) is 0.611. The van der Waals surface area contributed by atoms with E-state index in [9.17, 15) is 13.2 Å². The van der Waals surface area contributed by atoms with E-state index in [0.717, 1.165) is 32.1 Å². The average Bonchev–Trinajstić information content (AvgIpc) is 2.64. The fourth-order valence-electron chi connectivity index (χ4n) is 3.32. The number of rotatable bonds is 8. The number of nitrogens with zero attached hydrogens (tertiary/aromatic N) is 1. The molecule has 1 saturated heterocycles. The Bertz CT molecular complexity index is 765. The summed E-state index contributed by atoms with van der Waals surface area (Å²) in [7, 11) is 1.28. The molecule has 2 rings (SSSR count). The van der Waals surface area contributed by atoms with E-state index in [1.54, 1.807) is 11.0 Å². The summed E-state index contributed by atoms with van der Waals surface area (Å²) in [5.41, 5.74) is 0.555. The van der Waals surface area contributed by atoms with Gasteiger partial charge in [0.05, 0.1) is 26.2 Å². The van der Waals surface area contributed by atoms with Crippen molar-refractivity contribution in [2.45, 2.75) is 19.3 Å². The van der Waals surface area contributed by atoms with Gasteiger partial charge in [0, 0.05) is 18.7 Å². The minimum atomic E-state index is -3.53. The van der Waals surface area contributed by atoms with E-state index in [1.807, 2.05) is 7.05 Å². The number of anilines is 1. The molecule has 1 fully saturated rings. The lowest BCUT2D eigenvalue weighted by Gasteiger charge is -2.32. The smallest absolute Gasteiger partial charge is 0.254 e. The van der Waals surface area contributed by atoms with Gasteiger partial charge in [0.1, 0.15) is 0 Å². The summed E-state index contributed by atoms with van der Waals surface area (Å²) >= 11 is 0. The summed E-state index contributed by atoms with van der Waals surface area (Å²) < 4.78 is 36.3. The van der Waals surface area contributed by atoms with Gasteiger partial charge in [-0.3, -0.25) is 9.52 Å². The molecular formula is C18H30ClN3O5S. The average molecular weight is 436 g/mol. The maximum atomic E-state index is 12.9. The number of benzene rings is 1. The van der Waals surface area contributed by atoms with E-state index in [1.165, 1.54) is 20.3 Å². The lowest BCUT2D eigenvalue weighted by Crippen LogP contribution is -2.39. The molecule has 10 heteroatoms. The van der Waals surface area contributed by atoms with Crippen LogP contribution in [0.25, 0.3) is 0 Å². The molecule has 0 spiro atoms. The SMILES string of the molecule is CNCCC1CCN(C(=O)c2cc(NS(C)(=O)=O)c(OC)c(OC)c2)CC1.Cl. The van der Waals surface area contributed by atoms with Crippen LogP contribution in [0.3, 0.4) is 0 Å². The van der Waals surface area contributed by atoms with Crippen LogP contribution >= 0.6 is 12.4 Å². The Labute approximate surface area is 173 Å². The lowest BCUT2D eigenvalue weighted by molar-refractivity contribution is 0.0686. The molecule has 0 saturated carbocycles. The third kappa shape index (κ3) is 6.42. The molecule has 0 atom stereocenters. The molecule has 1 aromatic carbocycles. The highest BCUT2D eigenvalue weighted by molar-refractivity contribution is 7.92. The van der Waals surface area contributed by atoms with Crippen LogP contribution in [0.2, 0.25) is 0 Å². The minimum Gasteiger partial charge on any atom is -0.493 e. The van der Waals surface area contributed by atoms with E-state index in [0.29, 0.717) is 30.3 Å². The summed E-state index contributed by atoms with van der Waals surface area (Å²) in [6.07, 6.45) is 4.09. The highest BCUT2D eigenvalue weighted by Gasteiger charge is 2.25. The zero-order chi connectivity index (χ0) is 20.0. The van der Waals surface area contributed by atoms with E-state index in [2.05, 4.69) is 10.0 Å². The number of piperidine rings is 1. The van der Waals surface area contributed by atoms with Crippen LogP contribution in [0, 0.1) is 5.92 Å². The van der Waals surface area contributed by atoms with Crippen molar-refractivity contribution in [2.75, 3.05) is 51.9 Å². The summed E-state index contributed by atoms with van der Waals surface area (Å²) in [6.45, 7) is 2.36. The van der Waals surface area contributed by atoms with Crippen molar-refractivity contribution < 1.29 is 22.7 Å². The van der Waals surface area contributed by atoms with Crippen LogP contribution in [0.15, 0.2) is 12.1 Å². The molecular weight excluding hydrogens is 406 g/mol. The summed E-state index contributed by atoms with van der Waals surface area (Å²) in [5.74, 6) is 1.03. The predicted octanol–water partition coefficient (Wildman–Crippen LogP) is 1.96. The molecule has 8 nitrogen and oxygen atoms in total. The van der Waals surface area contributed by atoms with Crippen LogP contribution in [0.5, 0.6) is 11.5 Å². The second-order valence-electron chi connectivity index (χ2n) is 6.76. The van der Waals surface area contributed by atoms with Crippen LogP contribution in [-0.4, -0.2) is 66.4 Å². The number of amides is 1. The molecule has 160 valence electrons. The number of carbonyl (C=O) groups excluding carboxylic acids is 1. The topological polar surface area (TPSA) is 97.0 Å². The quantitative estimate of drug-likeness (QED) is 0.647. The number of hydrogen-bond donors (Lipinski definition) is 2. The van der Waals surface area contributed by atoms with Crippen molar-refractivity contribution in [3.05, 3.63) is 17.7 Å². The number of hydrogen-bond acceptors (Lipinski definition) is 6. The summed E-state index contributed by atoms with van der Waals surface area (Å²) in [5, 5.41) is 3.16. The number of likely N-dealkylation sites (tertiary alicyclic amines) is 1. The molecule has 0 aromatic heterocycles. The summed E-state index contributed by atoms with van der Waals surface area (Å²) in [6, 6.07) is 3.08. The third-order valence-corrected chi connectivity index (χ3v) is 5.32. The van der Waals surface area contributed by atoms with Crippen LogP contribution in [-0.2, 0) is 10.0 Å². The van der Waals surface area contributed by atoms with Crippen molar-refractivity contribution in [3.63, 3.8) is 0 Å². The first-order chi connectivity index (χ1) is 12.8. The number of ether oxygens (including phenoxy) is 2. The number of halogens is 1. The molecule has 0 aliphatic carbocycles. The zero-order valence-corrected chi connectivity index (χ0v) is 18.4. The predicted molar refractivity (Wildman–Crippen MR) is 112 cm³/mol. The first-order valence-corrected chi connectivity index (χ1v) is 10.9. The van der Waals surface area contributed by atoms with Gasteiger partial charge in [-0.25, -0.2) is 8.42 Å². The molecule has 28 heavy (non-hydrogen) atoms. The van der Waals surface area contributed by atoms with E-state index in [-0.39, 0.29) is 29.8 Å². The monoisotopic (exact) mass is 435 g/mol. The number of sulfonamides is 1. The molecule has 1 aliphatic rings. The molecule has 0 bridgehead atoms.